The van der Waals surface area contributed by atoms with Crippen LogP contribution in [-0.2, 0) is 28.6 Å². The van der Waals surface area contributed by atoms with E-state index in [9.17, 15) is 14.4 Å². The van der Waals surface area contributed by atoms with Crippen LogP contribution in [-0.4, -0.2) is 37.2 Å². The average Bonchev–Trinajstić information content (AvgIpc) is 3.31. The van der Waals surface area contributed by atoms with Gasteiger partial charge in [-0.3, -0.25) is 14.4 Å². The Kier molecular flexibility index (Phi) is 53.2. The van der Waals surface area contributed by atoms with Gasteiger partial charge in [-0.2, -0.15) is 0 Å². The fourth-order valence-corrected chi connectivity index (χ4v) is 8.46. The van der Waals surface area contributed by atoms with Crippen molar-refractivity contribution in [3.05, 3.63) is 36.5 Å². The molecule has 0 aromatic rings. The Balaban J connectivity index is 4.31. The number of hydrogen-bond acceptors (Lipinski definition) is 6. The summed E-state index contributed by atoms with van der Waals surface area (Å²) in [4.78, 5) is 38.1. The summed E-state index contributed by atoms with van der Waals surface area (Å²) in [5, 5.41) is 0. The van der Waals surface area contributed by atoms with E-state index in [4.69, 9.17) is 14.2 Å². The van der Waals surface area contributed by atoms with Crippen LogP contribution in [0.2, 0.25) is 0 Å². The molecule has 0 aliphatic heterocycles. The molecule has 0 amide bonds. The molecule has 6 heteroatoms. The van der Waals surface area contributed by atoms with Gasteiger partial charge in [0, 0.05) is 19.3 Å². The molecule has 0 saturated heterocycles. The summed E-state index contributed by atoms with van der Waals surface area (Å²) in [6.07, 6.45) is 65.6. The number of carbonyl (C=O) groups is 3. The number of esters is 3. The molecule has 0 aliphatic carbocycles. The molecule has 0 fully saturated rings. The first-order chi connectivity index (χ1) is 32.5. The minimum atomic E-state index is -0.780. The standard InChI is InChI=1S/C60H110O6/c1-4-7-10-13-16-19-22-25-28-29-30-31-32-33-36-38-41-44-47-50-53-59(62)65-56-57(66-60(63)54-51-48-45-42-39-35-27-24-21-18-15-12-9-6-3)55-64-58(61)52-49-46-43-40-37-34-26-23-20-17-14-11-8-5-2/h15,18,23-24,26-27,57H,4-14,16-17,19-22,25,28-56H2,1-3H3/b18-15-,26-23-,27-24-. The van der Waals surface area contributed by atoms with E-state index in [1.54, 1.807) is 0 Å². The second-order valence-corrected chi connectivity index (χ2v) is 19.6. The Morgan fingerprint density at radius 1 is 0.303 bits per heavy atom. The van der Waals surface area contributed by atoms with Gasteiger partial charge in [0.1, 0.15) is 13.2 Å². The molecule has 0 aromatic heterocycles. The van der Waals surface area contributed by atoms with Gasteiger partial charge in [0.25, 0.3) is 0 Å². The molecule has 1 atom stereocenters. The highest BCUT2D eigenvalue weighted by atomic mass is 16.6. The quantitative estimate of drug-likeness (QED) is 0.0262. The number of carbonyl (C=O) groups excluding carboxylic acids is 3. The third-order valence-electron chi connectivity index (χ3n) is 12.9. The van der Waals surface area contributed by atoms with Crippen LogP contribution in [0.15, 0.2) is 36.5 Å². The fourth-order valence-electron chi connectivity index (χ4n) is 8.46. The third-order valence-corrected chi connectivity index (χ3v) is 12.9. The van der Waals surface area contributed by atoms with Crippen LogP contribution in [0.5, 0.6) is 0 Å². The Morgan fingerprint density at radius 2 is 0.561 bits per heavy atom. The molecular weight excluding hydrogens is 817 g/mol. The molecule has 0 rings (SSSR count). The normalized spacial score (nSPS) is 12.2. The van der Waals surface area contributed by atoms with E-state index >= 15 is 0 Å². The van der Waals surface area contributed by atoms with Crippen molar-refractivity contribution in [2.24, 2.45) is 0 Å². The van der Waals surface area contributed by atoms with Crippen molar-refractivity contribution in [2.45, 2.75) is 316 Å². The number of hydrogen-bond donors (Lipinski definition) is 0. The second-order valence-electron chi connectivity index (χ2n) is 19.6. The largest absolute Gasteiger partial charge is 0.462 e. The van der Waals surface area contributed by atoms with Crippen molar-refractivity contribution < 1.29 is 28.6 Å². The molecular formula is C60H110O6. The van der Waals surface area contributed by atoms with Crippen molar-refractivity contribution in [2.75, 3.05) is 13.2 Å². The summed E-state index contributed by atoms with van der Waals surface area (Å²) < 4.78 is 16.9. The predicted octanol–water partition coefficient (Wildman–Crippen LogP) is 19.3. The molecule has 0 bridgehead atoms. The lowest BCUT2D eigenvalue weighted by Crippen LogP contribution is -2.30. The van der Waals surface area contributed by atoms with Gasteiger partial charge in [-0.05, 0) is 70.6 Å². The summed E-state index contributed by atoms with van der Waals surface area (Å²) in [7, 11) is 0. The van der Waals surface area contributed by atoms with Crippen molar-refractivity contribution >= 4 is 17.9 Å². The van der Waals surface area contributed by atoms with Gasteiger partial charge in [-0.15, -0.1) is 0 Å². The predicted molar refractivity (Wildman–Crippen MR) is 284 cm³/mol. The van der Waals surface area contributed by atoms with Crippen LogP contribution >= 0.6 is 0 Å². The molecule has 386 valence electrons. The molecule has 0 N–H and O–H groups in total. The summed E-state index contributed by atoms with van der Waals surface area (Å²) in [6.45, 7) is 6.61. The molecule has 6 nitrogen and oxygen atoms in total. The smallest absolute Gasteiger partial charge is 0.306 e. The van der Waals surface area contributed by atoms with Gasteiger partial charge in [-0.1, -0.05) is 256 Å². The summed E-state index contributed by atoms with van der Waals surface area (Å²) >= 11 is 0. The average molecular weight is 928 g/mol. The maximum Gasteiger partial charge on any atom is 0.306 e. The first kappa shape index (κ1) is 63.6. The molecule has 0 spiro atoms. The maximum absolute atomic E-state index is 12.8. The highest BCUT2D eigenvalue weighted by Crippen LogP contribution is 2.17. The zero-order valence-electron chi connectivity index (χ0n) is 44.2. The van der Waals surface area contributed by atoms with Crippen LogP contribution in [0.3, 0.4) is 0 Å². The van der Waals surface area contributed by atoms with E-state index in [-0.39, 0.29) is 31.1 Å². The van der Waals surface area contributed by atoms with Gasteiger partial charge in [0.05, 0.1) is 0 Å². The molecule has 1 unspecified atom stereocenters. The van der Waals surface area contributed by atoms with Crippen molar-refractivity contribution in [1.29, 1.82) is 0 Å². The molecule has 0 radical (unpaired) electrons. The number of unbranched alkanes of at least 4 members (excludes halogenated alkanes) is 36. The Labute approximate surface area is 410 Å². The van der Waals surface area contributed by atoms with E-state index in [2.05, 4.69) is 57.2 Å². The van der Waals surface area contributed by atoms with E-state index in [0.29, 0.717) is 19.3 Å². The number of ether oxygens (including phenoxy) is 3. The SMILES string of the molecule is CCCC/C=C\C/C=C\CCCCCCCC(=O)OC(COC(=O)CCCCCCC/C=C\CCCCCCC)COC(=O)CCCCCCCCCCCCCCCCCCCCCC. The van der Waals surface area contributed by atoms with Crippen LogP contribution in [0.1, 0.15) is 310 Å². The van der Waals surface area contributed by atoms with Gasteiger partial charge in [-0.25, -0.2) is 0 Å². The van der Waals surface area contributed by atoms with Gasteiger partial charge >= 0.3 is 17.9 Å². The summed E-state index contributed by atoms with van der Waals surface area (Å²) in [5.74, 6) is -0.884. The lowest BCUT2D eigenvalue weighted by Gasteiger charge is -2.18. The van der Waals surface area contributed by atoms with Crippen LogP contribution in [0.25, 0.3) is 0 Å². The number of allylic oxidation sites excluding steroid dienone is 6. The molecule has 0 aromatic carbocycles. The summed E-state index contributed by atoms with van der Waals surface area (Å²) in [6, 6.07) is 0. The first-order valence-electron chi connectivity index (χ1n) is 29.0. The van der Waals surface area contributed by atoms with Crippen LogP contribution in [0, 0.1) is 0 Å². The van der Waals surface area contributed by atoms with Crippen molar-refractivity contribution in [3.8, 4) is 0 Å². The Bertz CT molecular complexity index is 1110. The third kappa shape index (κ3) is 52.6. The topological polar surface area (TPSA) is 78.9 Å². The van der Waals surface area contributed by atoms with Crippen molar-refractivity contribution in [1.82, 2.24) is 0 Å². The molecule has 0 heterocycles. The molecule has 66 heavy (non-hydrogen) atoms. The minimum Gasteiger partial charge on any atom is -0.462 e. The van der Waals surface area contributed by atoms with E-state index in [1.165, 1.54) is 180 Å². The van der Waals surface area contributed by atoms with Gasteiger partial charge in [0.2, 0.25) is 0 Å². The molecule has 0 saturated carbocycles. The maximum atomic E-state index is 12.8. The van der Waals surface area contributed by atoms with Crippen molar-refractivity contribution in [3.63, 3.8) is 0 Å². The lowest BCUT2D eigenvalue weighted by molar-refractivity contribution is -0.167. The monoisotopic (exact) mass is 927 g/mol. The van der Waals surface area contributed by atoms with Crippen LogP contribution < -0.4 is 0 Å². The zero-order valence-corrected chi connectivity index (χ0v) is 44.2. The number of rotatable bonds is 53. The zero-order chi connectivity index (χ0) is 47.9. The molecule has 0 aliphatic rings. The minimum absolute atomic E-state index is 0.0770. The van der Waals surface area contributed by atoms with E-state index < -0.39 is 6.10 Å². The Hall–Kier alpha value is -2.37. The van der Waals surface area contributed by atoms with E-state index in [0.717, 1.165) is 89.9 Å². The van der Waals surface area contributed by atoms with Crippen LogP contribution in [0.4, 0.5) is 0 Å². The van der Waals surface area contributed by atoms with Gasteiger partial charge < -0.3 is 14.2 Å². The highest BCUT2D eigenvalue weighted by Gasteiger charge is 2.19. The van der Waals surface area contributed by atoms with E-state index in [1.807, 2.05) is 0 Å². The Morgan fingerprint density at radius 3 is 0.894 bits per heavy atom. The van der Waals surface area contributed by atoms with Gasteiger partial charge in [0.15, 0.2) is 6.10 Å². The second kappa shape index (κ2) is 55.2. The fraction of sp³-hybridized carbons (Fsp3) is 0.850. The lowest BCUT2D eigenvalue weighted by atomic mass is 10.0. The summed E-state index contributed by atoms with van der Waals surface area (Å²) in [5.41, 5.74) is 0. The first-order valence-corrected chi connectivity index (χ1v) is 29.0. The highest BCUT2D eigenvalue weighted by molar-refractivity contribution is 5.71.